The molecule has 1 N–H and O–H groups in total. The van der Waals surface area contributed by atoms with Gasteiger partial charge in [-0.2, -0.15) is 0 Å². The van der Waals surface area contributed by atoms with Crippen molar-refractivity contribution in [3.05, 3.63) is 35.4 Å². The van der Waals surface area contributed by atoms with Gasteiger partial charge in [0.2, 0.25) is 5.91 Å². The number of ether oxygens (including phenoxy) is 1. The second kappa shape index (κ2) is 14.6. The lowest BCUT2D eigenvalue weighted by Gasteiger charge is -2.27. The molecule has 1 amide bonds. The minimum atomic E-state index is 0. The van der Waals surface area contributed by atoms with Crippen molar-refractivity contribution in [2.75, 3.05) is 59.5 Å². The summed E-state index contributed by atoms with van der Waals surface area (Å²) in [6.07, 6.45) is 0. The molecule has 1 aliphatic rings. The number of halogens is 1. The fourth-order valence-corrected chi connectivity index (χ4v) is 3.45. The maximum atomic E-state index is 12.5. The Bertz CT molecular complexity index is 661. The maximum Gasteiger partial charge on any atom is 0.242 e. The molecular formula is C22H38IN5O2. The highest BCUT2D eigenvalue weighted by atomic mass is 127. The number of benzene rings is 1. The first kappa shape index (κ1) is 26.6. The molecule has 0 radical (unpaired) electrons. The third-order valence-electron chi connectivity index (χ3n) is 5.20. The Morgan fingerprint density at radius 2 is 1.77 bits per heavy atom. The van der Waals surface area contributed by atoms with Crippen molar-refractivity contribution in [2.45, 2.75) is 33.9 Å². The summed E-state index contributed by atoms with van der Waals surface area (Å²) in [7, 11) is 1.92. The molecule has 0 saturated carbocycles. The SMILES string of the molecule is CCNC(=NCc1ccccc1CN1CCOCC1)N(C)CC(=O)N(CC)CC.I. The highest BCUT2D eigenvalue weighted by Gasteiger charge is 2.16. The fraction of sp³-hybridized carbons (Fsp3) is 0.636. The molecule has 30 heavy (non-hydrogen) atoms. The van der Waals surface area contributed by atoms with Crippen LogP contribution in [0.15, 0.2) is 29.3 Å². The van der Waals surface area contributed by atoms with E-state index in [0.29, 0.717) is 13.1 Å². The van der Waals surface area contributed by atoms with Crippen molar-refractivity contribution >= 4 is 35.8 Å². The number of nitrogens with one attached hydrogen (secondary N) is 1. The van der Waals surface area contributed by atoms with E-state index in [2.05, 4.69) is 34.5 Å². The summed E-state index contributed by atoms with van der Waals surface area (Å²) in [5.74, 6) is 0.880. The van der Waals surface area contributed by atoms with Gasteiger partial charge in [-0.1, -0.05) is 24.3 Å². The molecule has 0 aliphatic carbocycles. The van der Waals surface area contributed by atoms with Gasteiger partial charge in [-0.3, -0.25) is 9.69 Å². The molecule has 0 spiro atoms. The number of guanidine groups is 1. The first-order valence-corrected chi connectivity index (χ1v) is 10.7. The number of rotatable bonds is 9. The number of amides is 1. The normalized spacial score (nSPS) is 14.7. The van der Waals surface area contributed by atoms with E-state index in [1.807, 2.05) is 37.6 Å². The zero-order chi connectivity index (χ0) is 21.1. The quantitative estimate of drug-likeness (QED) is 0.302. The number of nitrogens with zero attached hydrogens (tertiary/aromatic N) is 4. The van der Waals surface area contributed by atoms with E-state index >= 15 is 0 Å². The molecule has 1 heterocycles. The monoisotopic (exact) mass is 531 g/mol. The van der Waals surface area contributed by atoms with Crippen molar-refractivity contribution in [3.8, 4) is 0 Å². The van der Waals surface area contributed by atoms with Crippen molar-refractivity contribution in [2.24, 2.45) is 4.99 Å². The summed E-state index contributed by atoms with van der Waals surface area (Å²) < 4.78 is 5.46. The maximum absolute atomic E-state index is 12.5. The molecule has 0 unspecified atom stereocenters. The van der Waals surface area contributed by atoms with Gasteiger partial charge in [-0.05, 0) is 31.9 Å². The number of hydrogen-bond donors (Lipinski definition) is 1. The van der Waals surface area contributed by atoms with Crippen molar-refractivity contribution < 1.29 is 9.53 Å². The average molecular weight is 531 g/mol. The second-order valence-electron chi connectivity index (χ2n) is 7.25. The predicted octanol–water partition coefficient (Wildman–Crippen LogP) is 2.40. The van der Waals surface area contributed by atoms with Crippen LogP contribution in [0.4, 0.5) is 0 Å². The predicted molar refractivity (Wildman–Crippen MR) is 133 cm³/mol. The smallest absolute Gasteiger partial charge is 0.242 e. The Balaban J connectivity index is 0.00000450. The van der Waals surface area contributed by atoms with Crippen LogP contribution in [0, 0.1) is 0 Å². The number of likely N-dealkylation sites (N-methyl/N-ethyl adjacent to an activating group) is 2. The van der Waals surface area contributed by atoms with Crippen LogP contribution < -0.4 is 5.32 Å². The Morgan fingerprint density at radius 1 is 1.13 bits per heavy atom. The molecule has 2 rings (SSSR count). The molecule has 0 atom stereocenters. The summed E-state index contributed by atoms with van der Waals surface area (Å²) in [6, 6.07) is 8.47. The third kappa shape index (κ3) is 8.39. The number of carbonyl (C=O) groups is 1. The van der Waals surface area contributed by atoms with Crippen LogP contribution in [0.3, 0.4) is 0 Å². The summed E-state index contributed by atoms with van der Waals surface area (Å²) >= 11 is 0. The van der Waals surface area contributed by atoms with Crippen LogP contribution in [0.2, 0.25) is 0 Å². The molecular weight excluding hydrogens is 493 g/mol. The minimum Gasteiger partial charge on any atom is -0.379 e. The molecule has 0 aromatic heterocycles. The highest BCUT2D eigenvalue weighted by Crippen LogP contribution is 2.14. The van der Waals surface area contributed by atoms with E-state index in [4.69, 9.17) is 9.73 Å². The summed E-state index contributed by atoms with van der Waals surface area (Å²) in [6.45, 7) is 13.6. The zero-order valence-corrected chi connectivity index (χ0v) is 21.2. The van der Waals surface area contributed by atoms with Gasteiger partial charge in [-0.25, -0.2) is 4.99 Å². The van der Waals surface area contributed by atoms with Gasteiger partial charge in [0.25, 0.3) is 0 Å². The summed E-state index contributed by atoms with van der Waals surface area (Å²) in [5.41, 5.74) is 2.52. The molecule has 1 aromatic rings. The Hall–Kier alpha value is -1.39. The lowest BCUT2D eigenvalue weighted by atomic mass is 10.1. The van der Waals surface area contributed by atoms with E-state index in [-0.39, 0.29) is 29.9 Å². The van der Waals surface area contributed by atoms with Gasteiger partial charge in [-0.15, -0.1) is 24.0 Å². The van der Waals surface area contributed by atoms with E-state index in [1.165, 1.54) is 11.1 Å². The first-order valence-electron chi connectivity index (χ1n) is 10.7. The molecule has 0 bridgehead atoms. The fourth-order valence-electron chi connectivity index (χ4n) is 3.45. The molecule has 1 fully saturated rings. The van der Waals surface area contributed by atoms with Gasteiger partial charge in [0.15, 0.2) is 5.96 Å². The van der Waals surface area contributed by atoms with Crippen molar-refractivity contribution in [1.29, 1.82) is 0 Å². The van der Waals surface area contributed by atoms with Crippen molar-refractivity contribution in [3.63, 3.8) is 0 Å². The van der Waals surface area contributed by atoms with E-state index in [1.54, 1.807) is 0 Å². The number of morpholine rings is 1. The van der Waals surface area contributed by atoms with Gasteiger partial charge in [0.1, 0.15) is 0 Å². The zero-order valence-electron chi connectivity index (χ0n) is 18.9. The number of aliphatic imine (C=N–C) groups is 1. The summed E-state index contributed by atoms with van der Waals surface area (Å²) in [4.78, 5) is 23.5. The van der Waals surface area contributed by atoms with Crippen molar-refractivity contribution in [1.82, 2.24) is 20.0 Å². The largest absolute Gasteiger partial charge is 0.379 e. The van der Waals surface area contributed by atoms with Crippen LogP contribution in [-0.4, -0.2) is 86.1 Å². The second-order valence-corrected chi connectivity index (χ2v) is 7.25. The van der Waals surface area contributed by atoms with E-state index in [0.717, 1.165) is 58.4 Å². The topological polar surface area (TPSA) is 60.4 Å². The molecule has 7 nitrogen and oxygen atoms in total. The van der Waals surface area contributed by atoms with Crippen LogP contribution in [0.5, 0.6) is 0 Å². The molecule has 170 valence electrons. The Kier molecular flexibility index (Phi) is 13.0. The number of carbonyl (C=O) groups excluding carboxylic acids is 1. The highest BCUT2D eigenvalue weighted by molar-refractivity contribution is 14.0. The van der Waals surface area contributed by atoms with E-state index < -0.39 is 0 Å². The standard InChI is InChI=1S/C22H37N5O2.HI/c1-5-23-22(25(4)18-21(28)27(6-2)7-3)24-16-19-10-8-9-11-20(19)17-26-12-14-29-15-13-26;/h8-11H,5-7,12-18H2,1-4H3,(H,23,24);1H. The lowest BCUT2D eigenvalue weighted by molar-refractivity contribution is -0.131. The van der Waals surface area contributed by atoms with Crippen LogP contribution in [-0.2, 0) is 22.6 Å². The van der Waals surface area contributed by atoms with Gasteiger partial charge in [0, 0.05) is 46.3 Å². The lowest BCUT2D eigenvalue weighted by Crippen LogP contribution is -2.45. The summed E-state index contributed by atoms with van der Waals surface area (Å²) in [5, 5.41) is 3.31. The molecule has 8 heteroatoms. The van der Waals surface area contributed by atoms with Gasteiger partial charge < -0.3 is 19.9 Å². The average Bonchev–Trinajstić information content (AvgIpc) is 2.73. The minimum absolute atomic E-state index is 0. The first-order chi connectivity index (χ1) is 14.1. The Morgan fingerprint density at radius 3 is 2.37 bits per heavy atom. The van der Waals surface area contributed by atoms with Gasteiger partial charge >= 0.3 is 0 Å². The van der Waals surface area contributed by atoms with Crippen LogP contribution in [0.25, 0.3) is 0 Å². The Labute approximate surface area is 198 Å². The molecule has 1 aliphatic heterocycles. The van der Waals surface area contributed by atoms with Gasteiger partial charge in [0.05, 0.1) is 26.3 Å². The molecule has 1 aromatic carbocycles. The molecule has 1 saturated heterocycles. The van der Waals surface area contributed by atoms with Crippen LogP contribution in [0.1, 0.15) is 31.9 Å². The van der Waals surface area contributed by atoms with E-state index in [9.17, 15) is 4.79 Å². The number of hydrogen-bond acceptors (Lipinski definition) is 4. The third-order valence-corrected chi connectivity index (χ3v) is 5.20. The van der Waals surface area contributed by atoms with Crippen LogP contribution >= 0.6 is 24.0 Å².